The predicted octanol–water partition coefficient (Wildman–Crippen LogP) is 4.42. The van der Waals surface area contributed by atoms with Gasteiger partial charge in [-0.05, 0) is 61.6 Å². The number of benzene rings is 2. The first-order valence-electron chi connectivity index (χ1n) is 8.54. The van der Waals surface area contributed by atoms with Crippen molar-refractivity contribution < 1.29 is 23.4 Å². The van der Waals surface area contributed by atoms with E-state index in [-0.39, 0.29) is 17.8 Å². The van der Waals surface area contributed by atoms with Gasteiger partial charge in [-0.15, -0.1) is 0 Å². The molecule has 1 fully saturated rings. The fourth-order valence-electron chi connectivity index (χ4n) is 3.70. The van der Waals surface area contributed by atoms with Gasteiger partial charge in [0.15, 0.2) is 0 Å². The fraction of sp³-hybridized carbons (Fsp3) is 0.400. The van der Waals surface area contributed by atoms with Crippen LogP contribution in [0.3, 0.4) is 0 Å². The van der Waals surface area contributed by atoms with E-state index < -0.39 is 17.3 Å². The molecule has 3 N–H and O–H groups in total. The third kappa shape index (κ3) is 3.71. The summed E-state index contributed by atoms with van der Waals surface area (Å²) in [5.74, 6) is 0.204. The molecule has 0 aliphatic carbocycles. The lowest BCUT2D eigenvalue weighted by molar-refractivity contribution is -0.137. The molecule has 0 aromatic heterocycles. The number of halogens is 3. The minimum absolute atomic E-state index is 0.0184. The van der Waals surface area contributed by atoms with Gasteiger partial charge in [0.2, 0.25) is 0 Å². The lowest BCUT2D eigenvalue weighted by Gasteiger charge is -2.42. The van der Waals surface area contributed by atoms with Gasteiger partial charge in [0, 0.05) is 12.1 Å². The van der Waals surface area contributed by atoms with Crippen molar-refractivity contribution in [2.75, 3.05) is 0 Å². The van der Waals surface area contributed by atoms with E-state index in [0.29, 0.717) is 18.4 Å². The maximum absolute atomic E-state index is 12.8. The van der Waals surface area contributed by atoms with E-state index in [2.05, 4.69) is 5.32 Å². The van der Waals surface area contributed by atoms with Crippen molar-refractivity contribution in [3.05, 3.63) is 64.7 Å². The summed E-state index contributed by atoms with van der Waals surface area (Å²) >= 11 is 0. The smallest absolute Gasteiger partial charge is 0.416 e. The van der Waals surface area contributed by atoms with Crippen LogP contribution in [0.4, 0.5) is 13.2 Å². The SMILES string of the molecule is Cc1cc([C@@H]2CC(O)(c3ccc(C(F)(F)F)cc3)C[C@H](C)N2)ccc1O. The van der Waals surface area contributed by atoms with Crippen LogP contribution in [0.25, 0.3) is 0 Å². The minimum atomic E-state index is -4.39. The molecule has 3 rings (SSSR count). The van der Waals surface area contributed by atoms with E-state index in [1.165, 1.54) is 12.1 Å². The average Bonchev–Trinajstić information content (AvgIpc) is 2.56. The number of hydrogen-bond donors (Lipinski definition) is 3. The molecule has 140 valence electrons. The molecule has 0 amide bonds. The van der Waals surface area contributed by atoms with Crippen LogP contribution >= 0.6 is 0 Å². The van der Waals surface area contributed by atoms with Gasteiger partial charge in [-0.25, -0.2) is 0 Å². The van der Waals surface area contributed by atoms with Crippen LogP contribution in [0.1, 0.15) is 48.1 Å². The Kier molecular flexibility index (Phi) is 4.75. The second-order valence-corrected chi connectivity index (χ2v) is 7.18. The molecule has 3 atom stereocenters. The zero-order valence-corrected chi connectivity index (χ0v) is 14.6. The lowest BCUT2D eigenvalue weighted by atomic mass is 9.77. The summed E-state index contributed by atoms with van der Waals surface area (Å²) < 4.78 is 38.3. The first-order chi connectivity index (χ1) is 12.1. The van der Waals surface area contributed by atoms with Crippen molar-refractivity contribution in [1.82, 2.24) is 5.32 Å². The number of piperidine rings is 1. The van der Waals surface area contributed by atoms with Crippen molar-refractivity contribution in [2.24, 2.45) is 0 Å². The van der Waals surface area contributed by atoms with Crippen LogP contribution < -0.4 is 5.32 Å². The van der Waals surface area contributed by atoms with Crippen LogP contribution in [-0.4, -0.2) is 16.3 Å². The molecule has 6 heteroatoms. The van der Waals surface area contributed by atoms with Crippen molar-refractivity contribution in [3.63, 3.8) is 0 Å². The number of hydrogen-bond acceptors (Lipinski definition) is 3. The molecule has 1 unspecified atom stereocenters. The largest absolute Gasteiger partial charge is 0.508 e. The standard InChI is InChI=1S/C20H22F3NO2/c1-12-9-14(3-8-18(12)25)17-11-19(26,10-13(2)24-17)15-4-6-16(7-5-15)20(21,22)23/h3-9,13,17,24-26H,10-11H2,1-2H3/t13-,17-,19?/m0/s1. The number of phenols is 1. The highest BCUT2D eigenvalue weighted by molar-refractivity contribution is 5.37. The normalized spacial score (nSPS) is 26.7. The molecule has 2 aromatic rings. The molecule has 0 spiro atoms. The van der Waals surface area contributed by atoms with E-state index in [1.54, 1.807) is 19.1 Å². The van der Waals surface area contributed by atoms with Gasteiger partial charge in [0.1, 0.15) is 5.75 Å². The van der Waals surface area contributed by atoms with Crippen molar-refractivity contribution >= 4 is 0 Å². The highest BCUT2D eigenvalue weighted by atomic mass is 19.4. The van der Waals surface area contributed by atoms with Gasteiger partial charge in [0.05, 0.1) is 11.2 Å². The van der Waals surface area contributed by atoms with E-state index >= 15 is 0 Å². The Bertz CT molecular complexity index is 789. The van der Waals surface area contributed by atoms with Gasteiger partial charge >= 0.3 is 6.18 Å². The second kappa shape index (κ2) is 6.59. The van der Waals surface area contributed by atoms with E-state index in [0.717, 1.165) is 23.3 Å². The van der Waals surface area contributed by atoms with Crippen LogP contribution in [0.5, 0.6) is 5.75 Å². The van der Waals surface area contributed by atoms with Crippen LogP contribution in [0.15, 0.2) is 42.5 Å². The number of nitrogens with one attached hydrogen (secondary N) is 1. The highest BCUT2D eigenvalue weighted by Crippen LogP contribution is 2.41. The molecule has 1 saturated heterocycles. The van der Waals surface area contributed by atoms with E-state index in [4.69, 9.17) is 0 Å². The summed E-state index contributed by atoms with van der Waals surface area (Å²) in [5, 5.41) is 24.3. The summed E-state index contributed by atoms with van der Waals surface area (Å²) in [7, 11) is 0. The van der Waals surface area contributed by atoms with E-state index in [1.807, 2.05) is 13.0 Å². The Balaban J connectivity index is 1.89. The molecule has 0 saturated carbocycles. The first-order valence-corrected chi connectivity index (χ1v) is 8.54. The third-order valence-electron chi connectivity index (χ3n) is 5.04. The van der Waals surface area contributed by atoms with Gasteiger partial charge < -0.3 is 15.5 Å². The zero-order chi connectivity index (χ0) is 19.1. The Morgan fingerprint density at radius 1 is 1.08 bits per heavy atom. The minimum Gasteiger partial charge on any atom is -0.508 e. The summed E-state index contributed by atoms with van der Waals surface area (Å²) in [6.45, 7) is 3.74. The van der Waals surface area contributed by atoms with Crippen LogP contribution in [-0.2, 0) is 11.8 Å². The summed E-state index contributed by atoms with van der Waals surface area (Å²) in [6.07, 6.45) is -3.65. The predicted molar refractivity (Wildman–Crippen MR) is 92.8 cm³/mol. The van der Waals surface area contributed by atoms with Gasteiger partial charge in [-0.2, -0.15) is 13.2 Å². The van der Waals surface area contributed by atoms with Crippen molar-refractivity contribution in [1.29, 1.82) is 0 Å². The maximum atomic E-state index is 12.8. The van der Waals surface area contributed by atoms with Crippen molar-refractivity contribution in [3.8, 4) is 5.75 Å². The molecule has 0 radical (unpaired) electrons. The lowest BCUT2D eigenvalue weighted by Crippen LogP contribution is -2.46. The Labute approximate surface area is 150 Å². The molecular formula is C20H22F3NO2. The highest BCUT2D eigenvalue weighted by Gasteiger charge is 2.40. The van der Waals surface area contributed by atoms with Gasteiger partial charge in [-0.1, -0.05) is 24.3 Å². The number of phenolic OH excluding ortho intramolecular Hbond substituents is 1. The van der Waals surface area contributed by atoms with Crippen molar-refractivity contribution in [2.45, 2.75) is 50.6 Å². The number of aromatic hydroxyl groups is 1. The molecule has 1 aliphatic rings. The molecule has 1 aliphatic heterocycles. The topological polar surface area (TPSA) is 52.5 Å². The molecule has 26 heavy (non-hydrogen) atoms. The Hall–Kier alpha value is -2.05. The molecule has 1 heterocycles. The number of alkyl halides is 3. The monoisotopic (exact) mass is 365 g/mol. The zero-order valence-electron chi connectivity index (χ0n) is 14.6. The van der Waals surface area contributed by atoms with Crippen LogP contribution in [0.2, 0.25) is 0 Å². The maximum Gasteiger partial charge on any atom is 0.416 e. The first kappa shape index (κ1) is 18.7. The molecule has 3 nitrogen and oxygen atoms in total. The Morgan fingerprint density at radius 3 is 2.31 bits per heavy atom. The third-order valence-corrected chi connectivity index (χ3v) is 5.04. The number of aryl methyl sites for hydroxylation is 1. The fourth-order valence-corrected chi connectivity index (χ4v) is 3.70. The summed E-state index contributed by atoms with van der Waals surface area (Å²) in [6, 6.07) is 9.84. The number of aliphatic hydroxyl groups is 1. The summed E-state index contributed by atoms with van der Waals surface area (Å²) in [4.78, 5) is 0. The quantitative estimate of drug-likeness (QED) is 0.738. The number of rotatable bonds is 2. The van der Waals surface area contributed by atoms with Gasteiger partial charge in [0.25, 0.3) is 0 Å². The molecular weight excluding hydrogens is 343 g/mol. The van der Waals surface area contributed by atoms with Gasteiger partial charge in [-0.3, -0.25) is 0 Å². The van der Waals surface area contributed by atoms with Crippen LogP contribution in [0, 0.1) is 6.92 Å². The second-order valence-electron chi connectivity index (χ2n) is 7.18. The van der Waals surface area contributed by atoms with E-state index in [9.17, 15) is 23.4 Å². The Morgan fingerprint density at radius 2 is 1.73 bits per heavy atom. The summed E-state index contributed by atoms with van der Waals surface area (Å²) in [5.41, 5.74) is 0.209. The average molecular weight is 365 g/mol. The molecule has 0 bridgehead atoms. The molecule has 2 aromatic carbocycles.